The Morgan fingerprint density at radius 2 is 0.967 bits per heavy atom. The average Bonchev–Trinajstić information content (AvgIpc) is 3.14. The highest BCUT2D eigenvalue weighted by atomic mass is 14.7. The van der Waals surface area contributed by atoms with Crippen LogP contribution in [0.2, 0.25) is 0 Å². The van der Waals surface area contributed by atoms with Gasteiger partial charge >= 0.3 is 0 Å². The van der Waals surface area contributed by atoms with Gasteiger partial charge in [-0.05, 0) is 57.6 Å². The van der Waals surface area contributed by atoms with Gasteiger partial charge in [-0.15, -0.1) is 0 Å². The molecule has 30 heavy (non-hydrogen) atoms. The smallest absolute Gasteiger partial charge is 0.0746 e. The van der Waals surface area contributed by atoms with Crippen LogP contribution in [-0.4, -0.2) is 9.97 Å². The minimum atomic E-state index is -0.0116. The molecule has 2 aliphatic rings. The Bertz CT molecular complexity index is 1240. The van der Waals surface area contributed by atoms with Gasteiger partial charge in [0.1, 0.15) is 0 Å². The Morgan fingerprint density at radius 3 is 1.40 bits per heavy atom. The lowest BCUT2D eigenvalue weighted by Crippen LogP contribution is -2.15. The number of nitrogens with zero attached hydrogens (tertiary/aromatic N) is 2. The largest absolute Gasteiger partial charge is 0.256 e. The second-order valence-electron chi connectivity index (χ2n) is 9.57. The summed E-state index contributed by atoms with van der Waals surface area (Å²) in [7, 11) is 0. The maximum Gasteiger partial charge on any atom is 0.0746 e. The first-order valence-corrected chi connectivity index (χ1v) is 10.6. The lowest BCUT2D eigenvalue weighted by atomic mass is 9.81. The summed E-state index contributed by atoms with van der Waals surface area (Å²) in [5.41, 5.74) is 12.5. The summed E-state index contributed by atoms with van der Waals surface area (Å²) in [5, 5.41) is 0. The van der Waals surface area contributed by atoms with Gasteiger partial charge in [-0.1, -0.05) is 64.1 Å². The molecule has 2 nitrogen and oxygen atoms in total. The van der Waals surface area contributed by atoms with Crippen molar-refractivity contribution in [3.8, 4) is 33.6 Å². The zero-order valence-corrected chi connectivity index (χ0v) is 17.8. The van der Waals surface area contributed by atoms with Crippen LogP contribution >= 0.6 is 0 Å². The molecule has 0 saturated carbocycles. The summed E-state index contributed by atoms with van der Waals surface area (Å²) in [6.45, 7) is 9.16. The van der Waals surface area contributed by atoms with Crippen molar-refractivity contribution in [3.05, 3.63) is 95.3 Å². The van der Waals surface area contributed by atoms with Gasteiger partial charge in [-0.2, -0.15) is 0 Å². The highest BCUT2D eigenvalue weighted by Gasteiger charge is 2.37. The first kappa shape index (κ1) is 17.6. The van der Waals surface area contributed by atoms with Gasteiger partial charge in [0.15, 0.2) is 0 Å². The molecule has 0 amide bonds. The first-order chi connectivity index (χ1) is 14.4. The van der Waals surface area contributed by atoms with Crippen LogP contribution in [0.5, 0.6) is 0 Å². The summed E-state index contributed by atoms with van der Waals surface area (Å²) >= 11 is 0. The zero-order chi connectivity index (χ0) is 20.7. The van der Waals surface area contributed by atoms with Crippen molar-refractivity contribution >= 4 is 0 Å². The van der Waals surface area contributed by atoms with Crippen LogP contribution in [0.4, 0.5) is 0 Å². The Morgan fingerprint density at radius 1 is 0.533 bits per heavy atom. The van der Waals surface area contributed by atoms with Crippen LogP contribution in [0, 0.1) is 0 Å². The fourth-order valence-electron chi connectivity index (χ4n) is 5.47. The molecule has 4 aromatic rings. The lowest BCUT2D eigenvalue weighted by molar-refractivity contribution is 0.658. The quantitative estimate of drug-likeness (QED) is 0.360. The predicted molar refractivity (Wildman–Crippen MR) is 123 cm³/mol. The van der Waals surface area contributed by atoms with E-state index >= 15 is 0 Å². The summed E-state index contributed by atoms with van der Waals surface area (Å²) in [6, 6.07) is 22.2. The van der Waals surface area contributed by atoms with E-state index in [1.807, 2.05) is 24.5 Å². The molecule has 0 radical (unpaired) electrons. The van der Waals surface area contributed by atoms with Gasteiger partial charge < -0.3 is 0 Å². The number of aromatic nitrogens is 2. The van der Waals surface area contributed by atoms with E-state index in [0.717, 1.165) is 11.4 Å². The Balaban J connectivity index is 1.53. The third-order valence-corrected chi connectivity index (χ3v) is 7.19. The molecule has 0 unspecified atom stereocenters. The minimum Gasteiger partial charge on any atom is -0.256 e. The summed E-state index contributed by atoms with van der Waals surface area (Å²) < 4.78 is 0. The Hall–Kier alpha value is -3.26. The number of rotatable bonds is 1. The minimum absolute atomic E-state index is 0.0116. The van der Waals surface area contributed by atoms with Crippen LogP contribution in [0.3, 0.4) is 0 Å². The van der Waals surface area contributed by atoms with Crippen molar-refractivity contribution in [1.29, 1.82) is 0 Å². The van der Waals surface area contributed by atoms with Crippen LogP contribution in [-0.2, 0) is 10.8 Å². The fraction of sp³-hybridized carbons (Fsp3) is 0.214. The zero-order valence-electron chi connectivity index (χ0n) is 17.8. The third-order valence-electron chi connectivity index (χ3n) is 7.19. The van der Waals surface area contributed by atoms with Crippen LogP contribution in [0.1, 0.15) is 49.9 Å². The molecule has 0 fully saturated rings. The van der Waals surface area contributed by atoms with Crippen LogP contribution < -0.4 is 0 Å². The number of hydrogen-bond donors (Lipinski definition) is 0. The normalized spacial score (nSPS) is 16.5. The van der Waals surface area contributed by atoms with Crippen molar-refractivity contribution in [2.45, 2.75) is 38.5 Å². The van der Waals surface area contributed by atoms with Gasteiger partial charge in [0.05, 0.1) is 11.4 Å². The van der Waals surface area contributed by atoms with E-state index in [4.69, 9.17) is 9.97 Å². The van der Waals surface area contributed by atoms with E-state index in [9.17, 15) is 0 Å². The van der Waals surface area contributed by atoms with Crippen LogP contribution in [0.15, 0.2) is 73.1 Å². The molecule has 2 heteroatoms. The maximum absolute atomic E-state index is 4.73. The monoisotopic (exact) mass is 388 g/mol. The van der Waals surface area contributed by atoms with E-state index in [-0.39, 0.29) is 10.8 Å². The van der Waals surface area contributed by atoms with Gasteiger partial charge in [0.25, 0.3) is 0 Å². The van der Waals surface area contributed by atoms with E-state index < -0.39 is 0 Å². The van der Waals surface area contributed by atoms with E-state index in [2.05, 4.69) is 76.2 Å². The molecular formula is C28H24N2. The van der Waals surface area contributed by atoms with Gasteiger partial charge in [0, 0.05) is 34.4 Å². The molecule has 0 N–H and O–H groups in total. The van der Waals surface area contributed by atoms with E-state index in [0.29, 0.717) is 0 Å². The molecule has 0 bridgehead atoms. The van der Waals surface area contributed by atoms with Gasteiger partial charge in [0.2, 0.25) is 0 Å². The maximum atomic E-state index is 4.73. The van der Waals surface area contributed by atoms with Crippen molar-refractivity contribution in [2.24, 2.45) is 0 Å². The van der Waals surface area contributed by atoms with Crippen molar-refractivity contribution < 1.29 is 0 Å². The molecule has 0 saturated heterocycles. The van der Waals surface area contributed by atoms with Crippen molar-refractivity contribution in [3.63, 3.8) is 0 Å². The van der Waals surface area contributed by atoms with E-state index in [1.54, 1.807) is 0 Å². The summed E-state index contributed by atoms with van der Waals surface area (Å²) in [6.07, 6.45) is 3.80. The topological polar surface area (TPSA) is 25.8 Å². The molecule has 2 aliphatic carbocycles. The second-order valence-corrected chi connectivity index (χ2v) is 9.57. The Kier molecular flexibility index (Phi) is 3.32. The average molecular weight is 389 g/mol. The number of hydrogen-bond acceptors (Lipinski definition) is 2. The van der Waals surface area contributed by atoms with E-state index in [1.165, 1.54) is 44.5 Å². The number of fused-ring (bicyclic) bond motifs is 6. The lowest BCUT2D eigenvalue weighted by Gasteiger charge is -2.21. The van der Waals surface area contributed by atoms with Gasteiger partial charge in [-0.3, -0.25) is 9.97 Å². The molecular weight excluding hydrogens is 364 g/mol. The second kappa shape index (κ2) is 5.66. The SMILES string of the molecule is CC1(C)c2ccc(-c3ccc4c(c3)-c3ncccc3C4(C)C)cc2-c2ncccc21. The highest BCUT2D eigenvalue weighted by molar-refractivity contribution is 5.85. The van der Waals surface area contributed by atoms with Crippen molar-refractivity contribution in [1.82, 2.24) is 9.97 Å². The first-order valence-electron chi connectivity index (χ1n) is 10.6. The number of benzene rings is 2. The molecule has 2 heterocycles. The molecule has 0 aliphatic heterocycles. The Labute approximate surface area is 177 Å². The summed E-state index contributed by atoms with van der Waals surface area (Å²) in [4.78, 5) is 9.46. The number of pyridine rings is 2. The van der Waals surface area contributed by atoms with Gasteiger partial charge in [-0.25, -0.2) is 0 Å². The van der Waals surface area contributed by atoms with Crippen LogP contribution in [0.25, 0.3) is 33.6 Å². The molecule has 0 atom stereocenters. The molecule has 6 rings (SSSR count). The fourth-order valence-corrected chi connectivity index (χ4v) is 5.47. The standard InChI is InChI=1S/C28H24N2/c1-27(2)21-11-9-17(15-19(21)25-23(27)7-5-13-29-25)18-10-12-22-20(16-18)26-24(28(22,3)4)8-6-14-30-26/h5-16H,1-4H3. The molecule has 146 valence electrons. The third kappa shape index (κ3) is 2.14. The van der Waals surface area contributed by atoms with Crippen molar-refractivity contribution in [2.75, 3.05) is 0 Å². The molecule has 0 spiro atoms. The molecule has 2 aromatic carbocycles. The molecule has 2 aromatic heterocycles. The highest BCUT2D eigenvalue weighted by Crippen LogP contribution is 2.50. The predicted octanol–water partition coefficient (Wildman–Crippen LogP) is 6.76. The summed E-state index contributed by atoms with van der Waals surface area (Å²) in [5.74, 6) is 0.